The zero-order valence-electron chi connectivity index (χ0n) is 11.3. The highest BCUT2D eigenvalue weighted by Crippen LogP contribution is 2.03. The number of hydrogen-bond donors (Lipinski definition) is 3. The average Bonchev–Trinajstić information content (AvgIpc) is 2.43. The fourth-order valence-electron chi connectivity index (χ4n) is 2.01. The van der Waals surface area contributed by atoms with Crippen LogP contribution in [0.4, 0.5) is 4.39 Å². The van der Waals surface area contributed by atoms with Gasteiger partial charge in [-0.1, -0.05) is 19.1 Å². The van der Waals surface area contributed by atoms with Crippen LogP contribution in [0.2, 0.25) is 0 Å². The van der Waals surface area contributed by atoms with Crippen LogP contribution in [-0.2, 0) is 13.0 Å². The lowest BCUT2D eigenvalue weighted by Crippen LogP contribution is -2.34. The zero-order chi connectivity index (χ0) is 15.6. The predicted octanol–water partition coefficient (Wildman–Crippen LogP) is -1.03. The van der Waals surface area contributed by atoms with Gasteiger partial charge in [0.15, 0.2) is 0 Å². The molecule has 0 aliphatic heterocycles. The van der Waals surface area contributed by atoms with Crippen LogP contribution in [0.15, 0.2) is 34.0 Å². The summed E-state index contributed by atoms with van der Waals surface area (Å²) < 4.78 is 14.7. The summed E-state index contributed by atoms with van der Waals surface area (Å²) in [5.74, 6) is -0.739. The number of aromatic nitrogens is 2. The highest BCUT2D eigenvalue weighted by molar-refractivity contribution is 6.58. The van der Waals surface area contributed by atoms with E-state index in [0.29, 0.717) is 17.5 Å². The minimum Gasteiger partial charge on any atom is -0.423 e. The fraction of sp³-hybridized carbons (Fsp3) is 0.231. The Morgan fingerprint density at radius 3 is 2.67 bits per heavy atom. The number of benzene rings is 1. The van der Waals surface area contributed by atoms with Crippen LogP contribution in [0, 0.1) is 5.82 Å². The van der Waals surface area contributed by atoms with Crippen LogP contribution >= 0.6 is 0 Å². The highest BCUT2D eigenvalue weighted by Gasteiger charge is 2.17. The molecule has 0 saturated carbocycles. The molecule has 0 saturated heterocycles. The molecule has 0 unspecified atom stereocenters. The van der Waals surface area contributed by atoms with Crippen molar-refractivity contribution in [1.29, 1.82) is 0 Å². The van der Waals surface area contributed by atoms with Crippen LogP contribution in [0.3, 0.4) is 0 Å². The van der Waals surface area contributed by atoms with E-state index in [4.69, 9.17) is 10.0 Å². The van der Waals surface area contributed by atoms with Gasteiger partial charge in [0.2, 0.25) is 0 Å². The lowest BCUT2D eigenvalue weighted by Gasteiger charge is -2.09. The number of halogens is 1. The van der Waals surface area contributed by atoms with Crippen molar-refractivity contribution >= 4 is 12.6 Å². The van der Waals surface area contributed by atoms with E-state index in [-0.39, 0.29) is 12.0 Å². The van der Waals surface area contributed by atoms with Crippen molar-refractivity contribution in [3.8, 4) is 0 Å². The van der Waals surface area contributed by atoms with E-state index in [0.717, 1.165) is 6.07 Å². The number of rotatable bonds is 4. The van der Waals surface area contributed by atoms with Gasteiger partial charge >= 0.3 is 12.8 Å². The molecule has 0 spiro atoms. The van der Waals surface area contributed by atoms with Gasteiger partial charge in [-0.3, -0.25) is 14.3 Å². The molecule has 0 radical (unpaired) electrons. The van der Waals surface area contributed by atoms with Gasteiger partial charge < -0.3 is 10.0 Å². The van der Waals surface area contributed by atoms with Crippen molar-refractivity contribution in [2.45, 2.75) is 19.9 Å². The summed E-state index contributed by atoms with van der Waals surface area (Å²) in [5.41, 5.74) is -0.299. The summed E-state index contributed by atoms with van der Waals surface area (Å²) in [4.78, 5) is 25.4. The smallest absolute Gasteiger partial charge is 0.423 e. The van der Waals surface area contributed by atoms with Crippen molar-refractivity contribution in [3.63, 3.8) is 0 Å². The lowest BCUT2D eigenvalue weighted by atomic mass is 9.79. The van der Waals surface area contributed by atoms with Gasteiger partial charge in [-0.25, -0.2) is 9.18 Å². The van der Waals surface area contributed by atoms with Gasteiger partial charge in [0.25, 0.3) is 5.56 Å². The Morgan fingerprint density at radius 1 is 1.33 bits per heavy atom. The van der Waals surface area contributed by atoms with Crippen molar-refractivity contribution in [3.05, 3.63) is 62.2 Å². The number of H-pyrrole nitrogens is 1. The Balaban J connectivity index is 2.41. The number of hydrogen-bond acceptors (Lipinski definition) is 4. The molecular formula is C13H14BFN2O4. The standard InChI is InChI=1S/C13H14BFN2O4/c1-2-9-7-17(13(19)16-12(9)18)6-8-3-4-11(15)10(5-8)14(20)21/h3-5,7,20-21H,2,6H2,1H3,(H,16,18,19). The van der Waals surface area contributed by atoms with Crippen molar-refractivity contribution in [2.75, 3.05) is 0 Å². The molecule has 0 aliphatic rings. The zero-order valence-corrected chi connectivity index (χ0v) is 11.3. The Bertz CT molecular complexity index is 769. The summed E-state index contributed by atoms with van der Waals surface area (Å²) in [5, 5.41) is 18.1. The first-order valence-corrected chi connectivity index (χ1v) is 6.39. The van der Waals surface area contributed by atoms with Gasteiger partial charge in [0, 0.05) is 17.2 Å². The van der Waals surface area contributed by atoms with E-state index in [1.807, 2.05) is 0 Å². The third-order valence-electron chi connectivity index (χ3n) is 3.16. The number of aryl methyl sites for hydroxylation is 1. The quantitative estimate of drug-likeness (QED) is 0.628. The summed E-state index contributed by atoms with van der Waals surface area (Å²) in [6.45, 7) is 1.88. The highest BCUT2D eigenvalue weighted by atomic mass is 19.1. The molecular weight excluding hydrogens is 278 g/mol. The van der Waals surface area contributed by atoms with Crippen LogP contribution < -0.4 is 16.7 Å². The Labute approximate surface area is 119 Å². The second kappa shape index (κ2) is 6.07. The van der Waals surface area contributed by atoms with Crippen molar-refractivity contribution in [1.82, 2.24) is 9.55 Å². The van der Waals surface area contributed by atoms with Gasteiger partial charge in [-0.2, -0.15) is 0 Å². The van der Waals surface area contributed by atoms with Crippen LogP contribution in [0.25, 0.3) is 0 Å². The second-order valence-electron chi connectivity index (χ2n) is 4.62. The minimum absolute atomic E-state index is 0.0859. The van der Waals surface area contributed by atoms with Crippen LogP contribution in [0.1, 0.15) is 18.1 Å². The molecule has 1 aromatic carbocycles. The van der Waals surface area contributed by atoms with Crippen molar-refractivity contribution in [2.24, 2.45) is 0 Å². The third-order valence-corrected chi connectivity index (χ3v) is 3.16. The molecule has 6 nitrogen and oxygen atoms in total. The van der Waals surface area contributed by atoms with E-state index < -0.39 is 24.2 Å². The third kappa shape index (κ3) is 3.29. The molecule has 0 aliphatic carbocycles. The largest absolute Gasteiger partial charge is 0.491 e. The molecule has 0 amide bonds. The molecule has 0 atom stereocenters. The average molecular weight is 292 g/mol. The Hall–Kier alpha value is -2.19. The number of nitrogens with one attached hydrogen (secondary N) is 1. The van der Waals surface area contributed by atoms with Gasteiger partial charge in [0.05, 0.1) is 6.54 Å². The molecule has 2 aromatic rings. The first-order valence-electron chi connectivity index (χ1n) is 6.39. The van der Waals surface area contributed by atoms with Gasteiger partial charge in [0.1, 0.15) is 5.82 Å². The summed E-state index contributed by atoms with van der Waals surface area (Å²) >= 11 is 0. The summed E-state index contributed by atoms with van der Waals surface area (Å²) in [6, 6.07) is 3.80. The van der Waals surface area contributed by atoms with Crippen LogP contribution in [-0.4, -0.2) is 26.7 Å². The molecule has 0 fully saturated rings. The topological polar surface area (TPSA) is 95.3 Å². The first kappa shape index (κ1) is 15.2. The molecule has 110 valence electrons. The SMILES string of the molecule is CCc1cn(Cc2ccc(F)c(B(O)O)c2)c(=O)[nH]c1=O. The molecule has 21 heavy (non-hydrogen) atoms. The molecule has 1 aromatic heterocycles. The van der Waals surface area contributed by atoms with Crippen molar-refractivity contribution < 1.29 is 14.4 Å². The summed E-state index contributed by atoms with van der Waals surface area (Å²) in [7, 11) is -1.93. The molecule has 3 N–H and O–H groups in total. The Kier molecular flexibility index (Phi) is 4.39. The molecule has 0 bridgehead atoms. The van der Waals surface area contributed by atoms with E-state index >= 15 is 0 Å². The van der Waals surface area contributed by atoms with E-state index in [2.05, 4.69) is 4.98 Å². The molecule has 1 heterocycles. The van der Waals surface area contributed by atoms with E-state index in [1.165, 1.54) is 22.9 Å². The lowest BCUT2D eigenvalue weighted by molar-refractivity contribution is 0.423. The summed E-state index contributed by atoms with van der Waals surface area (Å²) in [6.07, 6.45) is 1.92. The molecule has 2 rings (SSSR count). The monoisotopic (exact) mass is 292 g/mol. The number of nitrogens with zero attached hydrogens (tertiary/aromatic N) is 1. The molecule has 8 heteroatoms. The van der Waals surface area contributed by atoms with Crippen LogP contribution in [0.5, 0.6) is 0 Å². The first-order chi connectivity index (χ1) is 9.92. The second-order valence-corrected chi connectivity index (χ2v) is 4.62. The predicted molar refractivity (Wildman–Crippen MR) is 76.0 cm³/mol. The maximum absolute atomic E-state index is 13.4. The van der Waals surface area contributed by atoms with E-state index in [9.17, 15) is 14.0 Å². The Morgan fingerprint density at radius 2 is 2.05 bits per heavy atom. The minimum atomic E-state index is -1.93. The van der Waals surface area contributed by atoms with E-state index in [1.54, 1.807) is 6.92 Å². The fourth-order valence-corrected chi connectivity index (χ4v) is 2.01. The number of aromatic amines is 1. The maximum atomic E-state index is 13.4. The normalized spacial score (nSPS) is 10.7. The maximum Gasteiger partial charge on any atom is 0.491 e. The van der Waals surface area contributed by atoms with Gasteiger partial charge in [-0.05, 0) is 18.1 Å². The van der Waals surface area contributed by atoms with Gasteiger partial charge in [-0.15, -0.1) is 0 Å².